The lowest BCUT2D eigenvalue weighted by Gasteiger charge is -2.36. The SMILES string of the molecule is C=C(F)C(F)(F)C(F)(F)S(=O)(=O)NS(=O)(=O)C(F)(F)F.C=C(F)OC(F)(F)C(F)(OC(F)(F)C(F)(F)S(=O)(=O)NS(=O)(=O)C(F)(F)F)C(F)(F)F. The molecule has 0 saturated heterocycles. The summed E-state index contributed by atoms with van der Waals surface area (Å²) in [5, 5.41) is -14.2. The second kappa shape index (κ2) is 14.0. The fourth-order valence-corrected chi connectivity index (χ4v) is 6.40. The minimum Gasteiger partial charge on any atom is -0.402 e. The minimum atomic E-state index is -8.02. The number of hydrogen-bond donors (Lipinski definition) is 2. The molecule has 0 rings (SSSR count). The topological polar surface area (TPSA) is 179 Å². The third-order valence-corrected chi connectivity index (χ3v) is 10.6. The third kappa shape index (κ3) is 10.1. The normalized spacial score (nSPS) is 16.4. The molecule has 51 heavy (non-hydrogen) atoms. The number of alkyl halides is 20. The van der Waals surface area contributed by atoms with Crippen LogP contribution in [0.5, 0.6) is 0 Å². The van der Waals surface area contributed by atoms with Gasteiger partial charge in [-0.2, -0.15) is 92.2 Å². The molecule has 0 saturated carbocycles. The lowest BCUT2D eigenvalue weighted by atomic mass is 10.2. The van der Waals surface area contributed by atoms with E-state index in [2.05, 4.69) is 4.74 Å². The highest BCUT2D eigenvalue weighted by Crippen LogP contribution is 2.53. The molecule has 2 N–H and O–H groups in total. The Labute approximate surface area is 265 Å². The van der Waals surface area contributed by atoms with Crippen molar-refractivity contribution in [2.75, 3.05) is 0 Å². The van der Waals surface area contributed by atoms with Gasteiger partial charge in [-0.25, -0.2) is 38.1 Å². The average Bonchev–Trinajstić information content (AvgIpc) is 2.79. The lowest BCUT2D eigenvalue weighted by Crippen LogP contribution is -2.65. The molecule has 0 fully saturated rings. The van der Waals surface area contributed by atoms with Gasteiger partial charge in [0.1, 0.15) is 0 Å². The summed E-state index contributed by atoms with van der Waals surface area (Å²) in [7, 11) is -29.6. The van der Waals surface area contributed by atoms with Crippen molar-refractivity contribution in [3.8, 4) is 0 Å². The first kappa shape index (κ1) is 50.5. The van der Waals surface area contributed by atoms with Gasteiger partial charge in [-0.15, -0.1) is 0 Å². The summed E-state index contributed by atoms with van der Waals surface area (Å²) in [6.07, 6.45) is -22.3. The highest BCUT2D eigenvalue weighted by molar-refractivity contribution is 8.06. The van der Waals surface area contributed by atoms with Crippen LogP contribution < -0.4 is 8.25 Å². The zero-order chi connectivity index (χ0) is 42.5. The Balaban J connectivity index is 0. The number of allylic oxidation sites excluding steroid dienone is 1. The summed E-state index contributed by atoms with van der Waals surface area (Å²) in [5.74, 6) is -16.9. The molecule has 0 aromatic carbocycles. The van der Waals surface area contributed by atoms with Crippen LogP contribution >= 0.6 is 0 Å². The maximum absolute atomic E-state index is 13.6. The summed E-state index contributed by atoms with van der Waals surface area (Å²) in [6, 6.07) is -3.04. The lowest BCUT2D eigenvalue weighted by molar-refractivity contribution is -0.510. The molecule has 306 valence electrons. The van der Waals surface area contributed by atoms with Gasteiger partial charge in [0.05, 0.1) is 0 Å². The van der Waals surface area contributed by atoms with E-state index in [4.69, 9.17) is 0 Å². The molecule has 1 atom stereocenters. The van der Waals surface area contributed by atoms with Gasteiger partial charge in [-0.1, -0.05) is 14.8 Å². The summed E-state index contributed by atoms with van der Waals surface area (Å²) in [6.45, 7) is 3.40. The van der Waals surface area contributed by atoms with Gasteiger partial charge in [0.15, 0.2) is 5.83 Å². The van der Waals surface area contributed by atoms with Crippen LogP contribution in [0.3, 0.4) is 0 Å². The Hall–Kier alpha value is -2.58. The van der Waals surface area contributed by atoms with Crippen LogP contribution in [0, 0.1) is 0 Å². The molecule has 0 amide bonds. The molecule has 1 unspecified atom stereocenters. The Morgan fingerprint density at radius 1 is 0.471 bits per heavy atom. The maximum Gasteiger partial charge on any atom is 0.512 e. The molecule has 0 aromatic rings. The van der Waals surface area contributed by atoms with Crippen molar-refractivity contribution in [1.82, 2.24) is 8.25 Å². The van der Waals surface area contributed by atoms with Gasteiger partial charge in [0.25, 0.3) is 26.1 Å². The van der Waals surface area contributed by atoms with Crippen molar-refractivity contribution in [1.29, 1.82) is 0 Å². The molecule has 0 aliphatic heterocycles. The van der Waals surface area contributed by atoms with Gasteiger partial charge in [0, 0.05) is 0 Å². The highest BCUT2D eigenvalue weighted by Gasteiger charge is 2.83. The minimum absolute atomic E-state index is 0.645. The number of rotatable bonds is 14. The first-order valence-electron chi connectivity index (χ1n) is 9.90. The van der Waals surface area contributed by atoms with Crippen LogP contribution in [0.4, 0.5) is 96.6 Å². The van der Waals surface area contributed by atoms with Crippen LogP contribution in [0.2, 0.25) is 0 Å². The first-order valence-corrected chi connectivity index (χ1v) is 15.8. The standard InChI is InChI=1S/C8H3F14NO6S2.C5H3F8NO4S2/c1-2(9)28-5(14,15)3(10,4(11,12)13)29-6(16,17)7(18,19)30(24,25)23-31(26,27)8(20,21)22;1-2(6)3(7,8)4(9,10)19(15,16)14-20(17,18)5(11,12)13/h23H,1H2;14H,1H2. The van der Waals surface area contributed by atoms with E-state index < -0.39 is 112 Å². The predicted molar refractivity (Wildman–Crippen MR) is 111 cm³/mol. The number of ether oxygens (including phenoxy) is 2. The zero-order valence-electron chi connectivity index (χ0n) is 21.9. The number of hydrogen-bond acceptors (Lipinski definition) is 10. The largest absolute Gasteiger partial charge is 0.512 e. The van der Waals surface area contributed by atoms with E-state index in [1.165, 1.54) is 0 Å². The second-order valence-corrected chi connectivity index (χ2v) is 15.1. The monoisotopic (exact) mass is 896 g/mol. The predicted octanol–water partition coefficient (Wildman–Crippen LogP) is 4.70. The Morgan fingerprint density at radius 3 is 1.00 bits per heavy atom. The number of nitrogens with one attached hydrogen (secondary N) is 2. The van der Waals surface area contributed by atoms with E-state index in [1.807, 2.05) is 0 Å². The van der Waals surface area contributed by atoms with E-state index in [0.717, 1.165) is 0 Å². The molecule has 0 spiro atoms. The van der Waals surface area contributed by atoms with Gasteiger partial charge in [0.2, 0.25) is 0 Å². The van der Waals surface area contributed by atoms with E-state index in [0.29, 0.717) is 0 Å². The molecule has 0 bridgehead atoms. The Morgan fingerprint density at radius 2 is 0.765 bits per heavy atom. The van der Waals surface area contributed by atoms with Crippen molar-refractivity contribution in [2.45, 2.75) is 51.7 Å². The van der Waals surface area contributed by atoms with Crippen LogP contribution in [-0.2, 0) is 49.6 Å². The Kier molecular flexibility index (Phi) is 13.9. The van der Waals surface area contributed by atoms with E-state index >= 15 is 0 Å². The highest BCUT2D eigenvalue weighted by atomic mass is 32.3. The summed E-state index contributed by atoms with van der Waals surface area (Å²) >= 11 is 0. The number of sulfonamides is 4. The zero-order valence-corrected chi connectivity index (χ0v) is 25.2. The maximum atomic E-state index is 13.6. The smallest absolute Gasteiger partial charge is 0.402 e. The molecule has 0 heterocycles. The van der Waals surface area contributed by atoms with E-state index in [1.54, 1.807) is 17.9 Å². The summed E-state index contributed by atoms with van der Waals surface area (Å²) in [5.41, 5.74) is -13.2. The van der Waals surface area contributed by atoms with Crippen LogP contribution in [0.25, 0.3) is 0 Å². The molecule has 0 radical (unpaired) electrons. The fourth-order valence-electron chi connectivity index (χ4n) is 1.69. The van der Waals surface area contributed by atoms with E-state index in [-0.39, 0.29) is 0 Å². The van der Waals surface area contributed by atoms with Crippen molar-refractivity contribution < 1.29 is 140 Å². The molecule has 38 heteroatoms. The summed E-state index contributed by atoms with van der Waals surface area (Å²) in [4.78, 5) is 0. The molecule has 0 aliphatic carbocycles. The first-order chi connectivity index (χ1) is 21.5. The Bertz CT molecular complexity index is 1770. The molecule has 12 nitrogen and oxygen atoms in total. The van der Waals surface area contributed by atoms with Crippen LogP contribution in [0.1, 0.15) is 0 Å². The van der Waals surface area contributed by atoms with Crippen LogP contribution in [0.15, 0.2) is 25.0 Å². The molecular formula is C13H6F22N2O10S4. The second-order valence-electron chi connectivity index (χ2n) is 7.77. The van der Waals surface area contributed by atoms with Crippen molar-refractivity contribution >= 4 is 40.1 Å². The molecule has 0 aromatic heterocycles. The average molecular weight is 896 g/mol. The molecular weight excluding hydrogens is 890 g/mol. The van der Waals surface area contributed by atoms with Crippen molar-refractivity contribution in [3.05, 3.63) is 25.0 Å². The fraction of sp³-hybridized carbons (Fsp3) is 0.692. The third-order valence-electron chi connectivity index (χ3n) is 4.02. The van der Waals surface area contributed by atoms with E-state index in [9.17, 15) is 130 Å². The molecule has 0 aliphatic rings. The number of halogens is 22. The van der Waals surface area contributed by atoms with Crippen molar-refractivity contribution in [2.24, 2.45) is 0 Å². The van der Waals surface area contributed by atoms with Gasteiger partial charge >= 0.3 is 71.7 Å². The quantitative estimate of drug-likeness (QED) is 0.184. The van der Waals surface area contributed by atoms with Gasteiger partial charge < -0.3 is 4.74 Å². The van der Waals surface area contributed by atoms with Crippen molar-refractivity contribution in [3.63, 3.8) is 0 Å². The van der Waals surface area contributed by atoms with Gasteiger partial charge in [-0.05, 0) is 6.58 Å². The van der Waals surface area contributed by atoms with Gasteiger partial charge in [-0.3, -0.25) is 4.74 Å². The summed E-state index contributed by atoms with van der Waals surface area (Å²) < 4.78 is 364. The van der Waals surface area contributed by atoms with Crippen LogP contribution in [-0.4, -0.2) is 85.4 Å².